The van der Waals surface area contributed by atoms with Gasteiger partial charge in [-0.1, -0.05) is 30.3 Å². The molecule has 0 unspecified atom stereocenters. The van der Waals surface area contributed by atoms with Crippen LogP contribution in [0.1, 0.15) is 23.4 Å². The summed E-state index contributed by atoms with van der Waals surface area (Å²) in [5, 5.41) is 0. The van der Waals surface area contributed by atoms with Crippen LogP contribution in [-0.2, 0) is 12.8 Å². The van der Waals surface area contributed by atoms with Gasteiger partial charge in [-0.3, -0.25) is 0 Å². The molecule has 0 amide bonds. The summed E-state index contributed by atoms with van der Waals surface area (Å²) in [7, 11) is 0. The van der Waals surface area contributed by atoms with Crippen LogP contribution in [0, 0.1) is 6.92 Å². The number of H-pyrrole nitrogens is 1. The zero-order chi connectivity index (χ0) is 13.1. The number of aromatic amines is 1. The molecule has 0 bridgehead atoms. The molecule has 19 heavy (non-hydrogen) atoms. The number of pyridine rings is 1. The fourth-order valence-electron chi connectivity index (χ4n) is 2.31. The number of fused-ring (bicyclic) bond motifs is 1. The molecule has 0 saturated heterocycles. The second-order valence-electron chi connectivity index (χ2n) is 4.85. The van der Waals surface area contributed by atoms with Gasteiger partial charge in [0, 0.05) is 12.6 Å². The molecular weight excluding hydrogens is 234 g/mol. The molecule has 0 atom stereocenters. The van der Waals surface area contributed by atoms with Crippen molar-refractivity contribution in [3.63, 3.8) is 0 Å². The summed E-state index contributed by atoms with van der Waals surface area (Å²) in [5.41, 5.74) is 4.48. The Labute approximate surface area is 112 Å². The van der Waals surface area contributed by atoms with Crippen molar-refractivity contribution in [1.82, 2.24) is 15.0 Å². The van der Waals surface area contributed by atoms with Crippen molar-refractivity contribution in [1.29, 1.82) is 0 Å². The topological polar surface area (TPSA) is 41.6 Å². The molecule has 1 aromatic carbocycles. The molecule has 0 aliphatic rings. The third-order valence-electron chi connectivity index (χ3n) is 3.37. The van der Waals surface area contributed by atoms with Gasteiger partial charge >= 0.3 is 0 Å². The SMILES string of the molecule is Cc1ccnc2nc(CCCc3ccccc3)[nH]c12. The van der Waals surface area contributed by atoms with Crippen LogP contribution in [0.15, 0.2) is 42.6 Å². The number of imidazole rings is 1. The highest BCUT2D eigenvalue weighted by Crippen LogP contribution is 2.14. The van der Waals surface area contributed by atoms with Crippen molar-refractivity contribution in [2.24, 2.45) is 0 Å². The Hall–Kier alpha value is -2.16. The largest absolute Gasteiger partial charge is 0.340 e. The Kier molecular flexibility index (Phi) is 3.27. The van der Waals surface area contributed by atoms with Gasteiger partial charge in [-0.05, 0) is 37.0 Å². The smallest absolute Gasteiger partial charge is 0.177 e. The van der Waals surface area contributed by atoms with Gasteiger partial charge in [0.05, 0.1) is 5.52 Å². The summed E-state index contributed by atoms with van der Waals surface area (Å²) in [6, 6.07) is 12.6. The Morgan fingerprint density at radius 2 is 1.89 bits per heavy atom. The van der Waals surface area contributed by atoms with Gasteiger partial charge in [-0.15, -0.1) is 0 Å². The molecule has 0 spiro atoms. The number of rotatable bonds is 4. The lowest BCUT2D eigenvalue weighted by atomic mass is 10.1. The van der Waals surface area contributed by atoms with E-state index >= 15 is 0 Å². The molecule has 2 heterocycles. The van der Waals surface area contributed by atoms with E-state index in [0.29, 0.717) is 0 Å². The lowest BCUT2D eigenvalue weighted by molar-refractivity contribution is 0.785. The maximum atomic E-state index is 4.54. The first-order valence-corrected chi connectivity index (χ1v) is 6.67. The minimum Gasteiger partial charge on any atom is -0.340 e. The Morgan fingerprint density at radius 3 is 2.68 bits per heavy atom. The van der Waals surface area contributed by atoms with E-state index in [4.69, 9.17) is 0 Å². The second-order valence-corrected chi connectivity index (χ2v) is 4.85. The van der Waals surface area contributed by atoms with Gasteiger partial charge < -0.3 is 4.98 Å². The van der Waals surface area contributed by atoms with Crippen molar-refractivity contribution in [3.05, 3.63) is 59.5 Å². The molecule has 0 fully saturated rings. The summed E-state index contributed by atoms with van der Waals surface area (Å²) in [6.45, 7) is 2.08. The first-order chi connectivity index (χ1) is 9.33. The maximum absolute atomic E-state index is 4.54. The van der Waals surface area contributed by atoms with E-state index in [-0.39, 0.29) is 0 Å². The lowest BCUT2D eigenvalue weighted by Gasteiger charge is -1.99. The summed E-state index contributed by atoms with van der Waals surface area (Å²) in [6.07, 6.45) is 4.96. The van der Waals surface area contributed by atoms with Crippen molar-refractivity contribution in [3.8, 4) is 0 Å². The first kappa shape index (κ1) is 11.9. The zero-order valence-corrected chi connectivity index (χ0v) is 11.1. The second kappa shape index (κ2) is 5.22. The molecular formula is C16H17N3. The number of nitrogens with zero attached hydrogens (tertiary/aromatic N) is 2. The van der Waals surface area contributed by atoms with E-state index in [1.54, 1.807) is 0 Å². The minimum atomic E-state index is 0.828. The molecule has 0 aliphatic heterocycles. The van der Waals surface area contributed by atoms with Crippen molar-refractivity contribution in [2.45, 2.75) is 26.2 Å². The molecule has 1 N–H and O–H groups in total. The summed E-state index contributed by atoms with van der Waals surface area (Å²) >= 11 is 0. The lowest BCUT2D eigenvalue weighted by Crippen LogP contribution is -1.91. The third-order valence-corrected chi connectivity index (χ3v) is 3.37. The van der Waals surface area contributed by atoms with Crippen LogP contribution in [0.5, 0.6) is 0 Å². The number of nitrogens with one attached hydrogen (secondary N) is 1. The molecule has 2 aromatic heterocycles. The van der Waals surface area contributed by atoms with E-state index in [2.05, 4.69) is 52.2 Å². The number of aromatic nitrogens is 3. The van der Waals surface area contributed by atoms with E-state index in [0.717, 1.165) is 36.3 Å². The zero-order valence-electron chi connectivity index (χ0n) is 11.1. The van der Waals surface area contributed by atoms with Gasteiger partial charge in [-0.25, -0.2) is 9.97 Å². The fraction of sp³-hybridized carbons (Fsp3) is 0.250. The third kappa shape index (κ3) is 2.65. The van der Waals surface area contributed by atoms with Gasteiger partial charge in [-0.2, -0.15) is 0 Å². The first-order valence-electron chi connectivity index (χ1n) is 6.67. The number of aryl methyl sites for hydroxylation is 3. The standard InChI is InChI=1S/C16H17N3/c1-12-10-11-17-16-15(12)18-14(19-16)9-5-8-13-6-3-2-4-7-13/h2-4,6-7,10-11H,5,8-9H2,1H3,(H,17,18,19). The van der Waals surface area contributed by atoms with Crippen LogP contribution >= 0.6 is 0 Å². The normalized spacial score (nSPS) is 11.0. The summed E-state index contributed by atoms with van der Waals surface area (Å²) < 4.78 is 0. The predicted molar refractivity (Wildman–Crippen MR) is 77.1 cm³/mol. The van der Waals surface area contributed by atoms with Crippen LogP contribution in [0.4, 0.5) is 0 Å². The molecule has 3 aromatic rings. The van der Waals surface area contributed by atoms with Crippen LogP contribution in [0.3, 0.4) is 0 Å². The highest BCUT2D eigenvalue weighted by Gasteiger charge is 2.05. The molecule has 3 rings (SSSR count). The molecule has 0 radical (unpaired) electrons. The summed E-state index contributed by atoms with van der Waals surface area (Å²) in [5.74, 6) is 1.03. The maximum Gasteiger partial charge on any atom is 0.177 e. The highest BCUT2D eigenvalue weighted by atomic mass is 15.0. The van der Waals surface area contributed by atoms with E-state index < -0.39 is 0 Å². The Bertz CT molecular complexity index is 671. The number of benzene rings is 1. The Morgan fingerprint density at radius 1 is 1.05 bits per heavy atom. The molecule has 96 valence electrons. The Balaban J connectivity index is 1.67. The van der Waals surface area contributed by atoms with Crippen LogP contribution in [0.25, 0.3) is 11.2 Å². The quantitative estimate of drug-likeness (QED) is 0.771. The predicted octanol–water partition coefficient (Wildman–Crippen LogP) is 3.44. The minimum absolute atomic E-state index is 0.828. The highest BCUT2D eigenvalue weighted by molar-refractivity contribution is 5.74. The number of hydrogen-bond acceptors (Lipinski definition) is 2. The van der Waals surface area contributed by atoms with Crippen LogP contribution < -0.4 is 0 Å². The number of hydrogen-bond donors (Lipinski definition) is 1. The van der Waals surface area contributed by atoms with Crippen molar-refractivity contribution >= 4 is 11.2 Å². The van der Waals surface area contributed by atoms with Gasteiger partial charge in [0.2, 0.25) is 0 Å². The average Bonchev–Trinajstić information content (AvgIpc) is 2.84. The van der Waals surface area contributed by atoms with Gasteiger partial charge in [0.15, 0.2) is 5.65 Å². The van der Waals surface area contributed by atoms with E-state index in [1.165, 1.54) is 11.1 Å². The van der Waals surface area contributed by atoms with E-state index in [1.807, 2.05) is 12.3 Å². The van der Waals surface area contributed by atoms with Crippen LogP contribution in [-0.4, -0.2) is 15.0 Å². The van der Waals surface area contributed by atoms with Gasteiger partial charge in [0.1, 0.15) is 5.82 Å². The monoisotopic (exact) mass is 251 g/mol. The van der Waals surface area contributed by atoms with E-state index in [9.17, 15) is 0 Å². The molecule has 0 aliphatic carbocycles. The van der Waals surface area contributed by atoms with Crippen molar-refractivity contribution < 1.29 is 0 Å². The molecule has 3 nitrogen and oxygen atoms in total. The van der Waals surface area contributed by atoms with Gasteiger partial charge in [0.25, 0.3) is 0 Å². The molecule has 0 saturated carbocycles. The van der Waals surface area contributed by atoms with Crippen LogP contribution in [0.2, 0.25) is 0 Å². The average molecular weight is 251 g/mol. The molecule has 3 heteroatoms. The van der Waals surface area contributed by atoms with Crippen molar-refractivity contribution in [2.75, 3.05) is 0 Å². The fourth-order valence-corrected chi connectivity index (χ4v) is 2.31. The summed E-state index contributed by atoms with van der Waals surface area (Å²) in [4.78, 5) is 12.2.